The molecule has 1 N–H and O–H groups in total. The first-order valence-electron chi connectivity index (χ1n) is 9.68. The molecule has 7 nitrogen and oxygen atoms in total. The molecule has 1 aromatic heterocycles. The lowest BCUT2D eigenvalue weighted by Gasteiger charge is -2.30. The van der Waals surface area contributed by atoms with Gasteiger partial charge in [0, 0.05) is 38.1 Å². The van der Waals surface area contributed by atoms with E-state index in [0.29, 0.717) is 22.2 Å². The molecule has 158 valence electrons. The average molecular weight is 437 g/mol. The Kier molecular flexibility index (Phi) is 6.72. The number of rotatable bonds is 6. The number of nitrogens with zero attached hydrogens (tertiary/aromatic N) is 3. The fraction of sp³-hybridized carbons (Fsp3) is 0.500. The molecular weight excluding hydrogens is 408 g/mol. The number of piperidine rings is 1. The van der Waals surface area contributed by atoms with Crippen molar-refractivity contribution in [2.24, 2.45) is 5.92 Å². The van der Waals surface area contributed by atoms with Crippen LogP contribution in [0.4, 0.5) is 5.13 Å². The minimum atomic E-state index is -3.60. The molecule has 9 heteroatoms. The average Bonchev–Trinajstić information content (AvgIpc) is 3.08. The largest absolute Gasteiger partial charge is 0.298 e. The standard InChI is InChI=1S/C20H28N4O3S2/c1-14-6-5-9-24(11-14)12-16-13-28-20(21-16)22-19(25)18-10-17(8-7-15(18)2)29(26,27)23(3)4/h7-8,10,13-14H,5-6,9,11-12H2,1-4H3,(H,21,22,25). The number of nitrogens with one attached hydrogen (secondary N) is 1. The topological polar surface area (TPSA) is 82.6 Å². The molecule has 1 saturated heterocycles. The molecule has 1 aliphatic rings. The Hall–Kier alpha value is -1.81. The maximum Gasteiger partial charge on any atom is 0.257 e. The zero-order chi connectivity index (χ0) is 21.2. The summed E-state index contributed by atoms with van der Waals surface area (Å²) in [5.41, 5.74) is 1.98. The van der Waals surface area contributed by atoms with Crippen LogP contribution in [-0.4, -0.2) is 55.7 Å². The van der Waals surface area contributed by atoms with E-state index in [1.807, 2.05) is 5.38 Å². The van der Waals surface area contributed by atoms with Crippen LogP contribution in [0.15, 0.2) is 28.5 Å². The molecule has 0 aliphatic carbocycles. The Balaban J connectivity index is 1.71. The van der Waals surface area contributed by atoms with Gasteiger partial charge in [0.05, 0.1) is 10.6 Å². The molecule has 1 fully saturated rings. The van der Waals surface area contributed by atoms with Crippen LogP contribution >= 0.6 is 11.3 Å². The normalized spacial score (nSPS) is 18.2. The summed E-state index contributed by atoms with van der Waals surface area (Å²) in [6, 6.07) is 4.59. The molecule has 1 aromatic carbocycles. The van der Waals surface area contributed by atoms with Crippen molar-refractivity contribution in [1.82, 2.24) is 14.2 Å². The summed E-state index contributed by atoms with van der Waals surface area (Å²) >= 11 is 1.39. The fourth-order valence-electron chi connectivity index (χ4n) is 3.48. The predicted molar refractivity (Wildman–Crippen MR) is 116 cm³/mol. The minimum Gasteiger partial charge on any atom is -0.298 e. The van der Waals surface area contributed by atoms with Gasteiger partial charge in [-0.3, -0.25) is 15.0 Å². The van der Waals surface area contributed by atoms with Crippen molar-refractivity contribution < 1.29 is 13.2 Å². The van der Waals surface area contributed by atoms with Crippen molar-refractivity contribution in [1.29, 1.82) is 0 Å². The smallest absolute Gasteiger partial charge is 0.257 e. The van der Waals surface area contributed by atoms with Crippen LogP contribution in [0.1, 0.15) is 41.4 Å². The number of carbonyl (C=O) groups excluding carboxylic acids is 1. The highest BCUT2D eigenvalue weighted by Crippen LogP contribution is 2.23. The SMILES string of the molecule is Cc1ccc(S(=O)(=O)N(C)C)cc1C(=O)Nc1nc(CN2CCCC(C)C2)cs1. The second-order valence-electron chi connectivity index (χ2n) is 7.84. The first-order chi connectivity index (χ1) is 13.7. The van der Waals surface area contributed by atoms with Crippen LogP contribution in [-0.2, 0) is 16.6 Å². The molecule has 29 heavy (non-hydrogen) atoms. The summed E-state index contributed by atoms with van der Waals surface area (Å²) in [6.07, 6.45) is 2.48. The third-order valence-corrected chi connectivity index (χ3v) is 7.75. The summed E-state index contributed by atoms with van der Waals surface area (Å²) in [5, 5.41) is 5.31. The second kappa shape index (κ2) is 8.91. The lowest BCUT2D eigenvalue weighted by molar-refractivity contribution is 0.102. The van der Waals surface area contributed by atoms with Crippen molar-refractivity contribution >= 4 is 32.4 Å². The summed E-state index contributed by atoms with van der Waals surface area (Å²) in [7, 11) is -0.670. The first kappa shape index (κ1) is 21.9. The van der Waals surface area contributed by atoms with Gasteiger partial charge < -0.3 is 0 Å². The van der Waals surface area contributed by atoms with Crippen LogP contribution in [0.5, 0.6) is 0 Å². The van der Waals surface area contributed by atoms with Crippen molar-refractivity contribution in [2.75, 3.05) is 32.5 Å². The van der Waals surface area contributed by atoms with Gasteiger partial charge in [0.25, 0.3) is 5.91 Å². The highest BCUT2D eigenvalue weighted by Gasteiger charge is 2.21. The predicted octanol–water partition coefficient (Wildman–Crippen LogP) is 3.19. The molecule has 2 heterocycles. The molecule has 0 spiro atoms. The van der Waals surface area contributed by atoms with Gasteiger partial charge in [-0.15, -0.1) is 11.3 Å². The second-order valence-corrected chi connectivity index (χ2v) is 10.9. The molecule has 1 amide bonds. The van der Waals surface area contributed by atoms with Crippen molar-refractivity contribution in [2.45, 2.75) is 38.1 Å². The van der Waals surface area contributed by atoms with E-state index in [0.717, 1.165) is 29.6 Å². The van der Waals surface area contributed by atoms with Gasteiger partial charge in [0.15, 0.2) is 5.13 Å². The van der Waals surface area contributed by atoms with Gasteiger partial charge in [-0.25, -0.2) is 17.7 Å². The van der Waals surface area contributed by atoms with Gasteiger partial charge in [0.2, 0.25) is 10.0 Å². The molecule has 0 radical (unpaired) electrons. The fourth-order valence-corrected chi connectivity index (χ4v) is 5.10. The quantitative estimate of drug-likeness (QED) is 0.752. The molecule has 1 aliphatic heterocycles. The van der Waals surface area contributed by atoms with Crippen molar-refractivity contribution in [3.63, 3.8) is 0 Å². The first-order valence-corrected chi connectivity index (χ1v) is 12.0. The number of sulfonamides is 1. The van der Waals surface area contributed by atoms with E-state index < -0.39 is 10.0 Å². The van der Waals surface area contributed by atoms with Gasteiger partial charge in [-0.1, -0.05) is 13.0 Å². The maximum absolute atomic E-state index is 12.8. The van der Waals surface area contributed by atoms with Crippen LogP contribution in [0.25, 0.3) is 0 Å². The molecule has 1 unspecified atom stereocenters. The third kappa shape index (κ3) is 5.22. The molecule has 2 aromatic rings. The number of benzene rings is 1. The number of hydrogen-bond donors (Lipinski definition) is 1. The molecule has 0 bridgehead atoms. The third-order valence-electron chi connectivity index (χ3n) is 5.13. The minimum absolute atomic E-state index is 0.0947. The Morgan fingerprint density at radius 2 is 2.14 bits per heavy atom. The van der Waals surface area contributed by atoms with E-state index in [1.54, 1.807) is 13.0 Å². The summed E-state index contributed by atoms with van der Waals surface area (Å²) in [5.74, 6) is 0.348. The van der Waals surface area contributed by atoms with Crippen LogP contribution in [0.3, 0.4) is 0 Å². The molecular formula is C20H28N4O3S2. The molecule has 3 rings (SSSR count). The zero-order valence-electron chi connectivity index (χ0n) is 17.3. The van der Waals surface area contributed by atoms with E-state index in [1.165, 1.54) is 50.4 Å². The summed E-state index contributed by atoms with van der Waals surface area (Å²) < 4.78 is 25.9. The monoisotopic (exact) mass is 436 g/mol. The van der Waals surface area contributed by atoms with E-state index in [4.69, 9.17) is 0 Å². The van der Waals surface area contributed by atoms with Gasteiger partial charge in [-0.2, -0.15) is 0 Å². The Labute approximate surface area is 176 Å². The van der Waals surface area contributed by atoms with Gasteiger partial charge in [-0.05, 0) is 49.9 Å². The highest BCUT2D eigenvalue weighted by molar-refractivity contribution is 7.89. The number of amides is 1. The van der Waals surface area contributed by atoms with Crippen LogP contribution < -0.4 is 5.32 Å². The Morgan fingerprint density at radius 1 is 1.38 bits per heavy atom. The number of hydrogen-bond acceptors (Lipinski definition) is 6. The summed E-state index contributed by atoms with van der Waals surface area (Å²) in [6.45, 7) is 6.99. The molecule has 0 saturated carbocycles. The highest BCUT2D eigenvalue weighted by atomic mass is 32.2. The van der Waals surface area contributed by atoms with E-state index in [-0.39, 0.29) is 10.8 Å². The van der Waals surface area contributed by atoms with Crippen LogP contribution in [0.2, 0.25) is 0 Å². The number of aromatic nitrogens is 1. The number of anilines is 1. The van der Waals surface area contributed by atoms with Gasteiger partial charge >= 0.3 is 0 Å². The summed E-state index contributed by atoms with van der Waals surface area (Å²) in [4.78, 5) is 19.8. The Morgan fingerprint density at radius 3 is 2.83 bits per heavy atom. The number of aryl methyl sites for hydroxylation is 1. The van der Waals surface area contributed by atoms with E-state index in [9.17, 15) is 13.2 Å². The lowest BCUT2D eigenvalue weighted by atomic mass is 10.0. The Bertz CT molecular complexity index is 985. The molecule has 1 atom stereocenters. The van der Waals surface area contributed by atoms with E-state index in [2.05, 4.69) is 22.1 Å². The zero-order valence-corrected chi connectivity index (χ0v) is 18.9. The van der Waals surface area contributed by atoms with Crippen molar-refractivity contribution in [3.8, 4) is 0 Å². The number of likely N-dealkylation sites (tertiary alicyclic amines) is 1. The van der Waals surface area contributed by atoms with Crippen LogP contribution in [0, 0.1) is 12.8 Å². The number of thiazole rings is 1. The van der Waals surface area contributed by atoms with Crippen molar-refractivity contribution in [3.05, 3.63) is 40.4 Å². The lowest BCUT2D eigenvalue weighted by Crippen LogP contribution is -2.33. The van der Waals surface area contributed by atoms with E-state index >= 15 is 0 Å². The van der Waals surface area contributed by atoms with Gasteiger partial charge in [0.1, 0.15) is 0 Å². The number of carbonyl (C=O) groups is 1. The maximum atomic E-state index is 12.8.